The fourth-order valence-corrected chi connectivity index (χ4v) is 9.53. The number of hydrogen-bond donors (Lipinski definition) is 2. The Bertz CT molecular complexity index is 1640. The number of rotatable bonds is 56. The lowest BCUT2D eigenvalue weighted by molar-refractivity contribution is -0.870. The molecule has 0 bridgehead atoms. The number of esters is 1. The highest BCUT2D eigenvalue weighted by Crippen LogP contribution is 2.43. The van der Waals surface area contributed by atoms with Crippen LogP contribution in [0.25, 0.3) is 0 Å². The van der Waals surface area contributed by atoms with E-state index in [0.717, 1.165) is 64.2 Å². The van der Waals surface area contributed by atoms with Gasteiger partial charge in [0, 0.05) is 12.8 Å². The number of carbonyl (C=O) groups is 2. The number of likely N-dealkylation sites (N-methyl/N-ethyl adjacent to an activating group) is 1. The largest absolute Gasteiger partial charge is 0.472 e. The molecule has 1 amide bonds. The van der Waals surface area contributed by atoms with E-state index in [2.05, 4.69) is 50.4 Å². The average molecular weight is 1100 g/mol. The maximum absolute atomic E-state index is 13.5. The summed E-state index contributed by atoms with van der Waals surface area (Å²) in [7, 11) is 1.45. The van der Waals surface area contributed by atoms with Gasteiger partial charge in [-0.2, -0.15) is 0 Å². The Balaban J connectivity index is 5.32. The van der Waals surface area contributed by atoms with Crippen LogP contribution in [0.3, 0.4) is 0 Å². The first-order valence-electron chi connectivity index (χ1n) is 31.6. The van der Waals surface area contributed by atoms with Crippen LogP contribution in [-0.2, 0) is 27.9 Å². The monoisotopic (exact) mass is 1100 g/mol. The van der Waals surface area contributed by atoms with Crippen LogP contribution in [0.4, 0.5) is 0 Å². The third-order valence-electron chi connectivity index (χ3n) is 13.7. The van der Waals surface area contributed by atoms with Crippen molar-refractivity contribution in [3.8, 4) is 0 Å². The summed E-state index contributed by atoms with van der Waals surface area (Å²) in [6.07, 6.45) is 75.5. The molecule has 0 saturated heterocycles. The summed E-state index contributed by atoms with van der Waals surface area (Å²) < 4.78 is 30.7. The minimum Gasteiger partial charge on any atom is -0.456 e. The van der Waals surface area contributed by atoms with Gasteiger partial charge in [0.1, 0.15) is 19.3 Å². The van der Waals surface area contributed by atoms with E-state index < -0.39 is 20.0 Å². The summed E-state index contributed by atoms with van der Waals surface area (Å²) in [4.78, 5) is 37.7. The van der Waals surface area contributed by atoms with Crippen molar-refractivity contribution in [3.05, 3.63) is 97.2 Å². The Morgan fingerprint density at radius 2 is 0.844 bits per heavy atom. The van der Waals surface area contributed by atoms with Crippen molar-refractivity contribution in [2.75, 3.05) is 40.9 Å². The quantitative estimate of drug-likeness (QED) is 0.0156. The van der Waals surface area contributed by atoms with Crippen molar-refractivity contribution in [1.29, 1.82) is 0 Å². The van der Waals surface area contributed by atoms with Gasteiger partial charge in [-0.25, -0.2) is 4.57 Å². The molecule has 444 valence electrons. The molecule has 0 spiro atoms. The molecule has 3 unspecified atom stereocenters. The predicted molar refractivity (Wildman–Crippen MR) is 332 cm³/mol. The van der Waals surface area contributed by atoms with Gasteiger partial charge in [-0.05, 0) is 76.7 Å². The van der Waals surface area contributed by atoms with E-state index in [1.165, 1.54) is 161 Å². The first-order valence-corrected chi connectivity index (χ1v) is 33.1. The molecule has 3 atom stereocenters. The van der Waals surface area contributed by atoms with Crippen LogP contribution in [0.5, 0.6) is 0 Å². The Morgan fingerprint density at radius 1 is 0.468 bits per heavy atom. The highest BCUT2D eigenvalue weighted by molar-refractivity contribution is 7.47. The Hall–Kier alpha value is -3.07. The maximum Gasteiger partial charge on any atom is 0.472 e. The number of hydrogen-bond acceptors (Lipinski definition) is 6. The van der Waals surface area contributed by atoms with Gasteiger partial charge in [0.25, 0.3) is 0 Å². The van der Waals surface area contributed by atoms with Crippen molar-refractivity contribution >= 4 is 19.7 Å². The van der Waals surface area contributed by atoms with Gasteiger partial charge < -0.3 is 19.4 Å². The molecule has 0 rings (SSSR count). The lowest BCUT2D eigenvalue weighted by atomic mass is 10.0. The Kier molecular flexibility index (Phi) is 54.0. The number of amides is 1. The normalized spacial score (nSPS) is 14.3. The van der Waals surface area contributed by atoms with Crippen LogP contribution in [0.2, 0.25) is 0 Å². The van der Waals surface area contributed by atoms with E-state index in [0.29, 0.717) is 17.4 Å². The molecule has 2 N–H and O–H groups in total. The molecule has 0 aromatic heterocycles. The highest BCUT2D eigenvalue weighted by Gasteiger charge is 2.30. The maximum atomic E-state index is 13.5. The lowest BCUT2D eigenvalue weighted by Gasteiger charge is -2.27. The number of phosphoric ester groups is 1. The molecule has 0 aromatic rings. The van der Waals surface area contributed by atoms with Gasteiger partial charge in [-0.15, -0.1) is 0 Å². The van der Waals surface area contributed by atoms with Crippen molar-refractivity contribution < 1.29 is 37.3 Å². The van der Waals surface area contributed by atoms with Gasteiger partial charge in [0.2, 0.25) is 5.91 Å². The minimum absolute atomic E-state index is 0.0268. The van der Waals surface area contributed by atoms with E-state index in [9.17, 15) is 19.0 Å². The molecule has 9 nitrogen and oxygen atoms in total. The van der Waals surface area contributed by atoms with Crippen LogP contribution < -0.4 is 5.32 Å². The number of phosphoric acid groups is 1. The van der Waals surface area contributed by atoms with E-state index >= 15 is 0 Å². The molecule has 0 radical (unpaired) electrons. The first kappa shape index (κ1) is 73.9. The lowest BCUT2D eigenvalue weighted by Crippen LogP contribution is -2.47. The number of quaternary nitrogens is 1. The minimum atomic E-state index is -4.47. The number of nitrogens with zero attached hydrogens (tertiary/aromatic N) is 1. The molecule has 10 heteroatoms. The zero-order valence-corrected chi connectivity index (χ0v) is 51.6. The molecule has 0 fully saturated rings. The van der Waals surface area contributed by atoms with Gasteiger partial charge in [0.15, 0.2) is 0 Å². The molecular formula is C67H120N2O7P+. The Morgan fingerprint density at radius 3 is 1.30 bits per heavy atom. The molecule has 0 heterocycles. The third-order valence-corrected chi connectivity index (χ3v) is 14.7. The fraction of sp³-hybridized carbons (Fsp3) is 0.731. The molecule has 0 aliphatic rings. The summed E-state index contributed by atoms with van der Waals surface area (Å²) in [6, 6.07) is -0.877. The van der Waals surface area contributed by atoms with Gasteiger partial charge >= 0.3 is 13.8 Å². The fourth-order valence-electron chi connectivity index (χ4n) is 8.79. The third kappa shape index (κ3) is 57.4. The first-order chi connectivity index (χ1) is 37.4. The number of unbranched alkanes of at least 4 members (excludes halogenated alkanes) is 31. The molecule has 0 aromatic carbocycles. The summed E-state index contributed by atoms with van der Waals surface area (Å²) in [6.45, 7) is 6.83. The molecule has 0 saturated carbocycles. The topological polar surface area (TPSA) is 111 Å². The van der Waals surface area contributed by atoms with Gasteiger partial charge in [-0.1, -0.05) is 272 Å². The second-order valence-corrected chi connectivity index (χ2v) is 23.8. The van der Waals surface area contributed by atoms with Crippen molar-refractivity contribution in [3.63, 3.8) is 0 Å². The van der Waals surface area contributed by atoms with E-state index in [-0.39, 0.29) is 37.9 Å². The van der Waals surface area contributed by atoms with Crippen molar-refractivity contribution in [2.45, 2.75) is 277 Å². The van der Waals surface area contributed by atoms with E-state index in [1.54, 1.807) is 0 Å². The van der Waals surface area contributed by atoms with Crippen molar-refractivity contribution in [1.82, 2.24) is 5.32 Å². The van der Waals surface area contributed by atoms with Gasteiger partial charge in [-0.3, -0.25) is 18.6 Å². The molecule has 0 aliphatic heterocycles. The van der Waals surface area contributed by atoms with Crippen LogP contribution >= 0.6 is 7.82 Å². The predicted octanol–water partition coefficient (Wildman–Crippen LogP) is 19.6. The second kappa shape index (κ2) is 56.2. The second-order valence-electron chi connectivity index (χ2n) is 22.4. The highest BCUT2D eigenvalue weighted by atomic mass is 31.2. The standard InChI is InChI=1S/C67H119N2O7P/c1-7-10-13-16-19-22-25-28-30-32-33-34-35-37-39-42-45-48-51-54-57-60-67(71)76-65(58-55-52-49-46-43-40-27-24-21-18-15-12-9-3)64(63-75-77(72,73)74-62-61-69(4,5)6)68-66(70)59-56-53-50-47-44-41-38-36-31-29-26-23-20-17-14-11-8-2/h11,14,17,20,23,26,28-31,36,38,41,44,55,58,64-65H,7-10,12-13,15-16,18-19,21-22,24-25,27,32-35,37,39-40,42-43,45-54,56-57,59-63H2,1-6H3,(H-,68,70,72,73)/p+1/b14-11-,20-17+,26-23+,30-28+,31-29-,38-36+,44-41+,58-55+. The smallest absolute Gasteiger partial charge is 0.456 e. The Labute approximate surface area is 475 Å². The summed E-state index contributed by atoms with van der Waals surface area (Å²) >= 11 is 0. The molecule has 0 aliphatic carbocycles. The van der Waals surface area contributed by atoms with Crippen LogP contribution in [0.1, 0.15) is 265 Å². The number of ether oxygens (including phenoxy) is 1. The molecular weight excluding hydrogens is 976 g/mol. The zero-order chi connectivity index (χ0) is 56.4. The molecule has 77 heavy (non-hydrogen) atoms. The van der Waals surface area contributed by atoms with Crippen LogP contribution in [-0.4, -0.2) is 74.3 Å². The van der Waals surface area contributed by atoms with E-state index in [4.69, 9.17) is 13.8 Å². The summed E-state index contributed by atoms with van der Waals surface area (Å²) in [5.41, 5.74) is 0. The summed E-state index contributed by atoms with van der Waals surface area (Å²) in [5.74, 6) is -0.557. The average Bonchev–Trinajstić information content (AvgIpc) is 3.39. The van der Waals surface area contributed by atoms with Crippen LogP contribution in [0, 0.1) is 0 Å². The SMILES string of the molecule is CC\C=C/C=C/C=C/C=C\C=C\C=C\CCCCCC(=O)NC(COP(=O)(O)OCC[N+](C)(C)C)C(/C=C/CCCCCCCCCCCCC)OC(=O)CCCCCCCCCCCCC/C=C/CCCCCCCC. The number of nitrogens with one attached hydrogen (secondary N) is 1. The van der Waals surface area contributed by atoms with Crippen LogP contribution in [0.15, 0.2) is 97.2 Å². The van der Waals surface area contributed by atoms with Gasteiger partial charge in [0.05, 0.1) is 33.8 Å². The van der Waals surface area contributed by atoms with E-state index in [1.807, 2.05) is 94.1 Å². The number of allylic oxidation sites excluding steroid dienone is 15. The van der Waals surface area contributed by atoms with Crippen molar-refractivity contribution in [2.24, 2.45) is 0 Å². The summed E-state index contributed by atoms with van der Waals surface area (Å²) in [5, 5.41) is 3.03. The zero-order valence-electron chi connectivity index (χ0n) is 50.7. The number of carbonyl (C=O) groups excluding carboxylic acids is 2.